The van der Waals surface area contributed by atoms with Crippen molar-refractivity contribution in [1.82, 2.24) is 0 Å². The van der Waals surface area contributed by atoms with E-state index in [0.717, 1.165) is 5.56 Å². The lowest BCUT2D eigenvalue weighted by atomic mass is 9.96. The smallest absolute Gasteiger partial charge is 0.452 e. The van der Waals surface area contributed by atoms with Gasteiger partial charge in [0.2, 0.25) is 0 Å². The summed E-state index contributed by atoms with van der Waals surface area (Å²) in [6.45, 7) is 1.74. The first-order chi connectivity index (χ1) is 8.27. The van der Waals surface area contributed by atoms with Crippen molar-refractivity contribution in [2.45, 2.75) is 25.3 Å². The molecule has 2 N–H and O–H groups in total. The molecule has 1 aromatic carbocycles. The normalized spacial score (nSPS) is 25.7. The van der Waals surface area contributed by atoms with Gasteiger partial charge in [0, 0.05) is 5.56 Å². The van der Waals surface area contributed by atoms with Crippen molar-refractivity contribution in [2.24, 2.45) is 5.16 Å². The second kappa shape index (κ2) is 3.88. The zero-order valence-corrected chi connectivity index (χ0v) is 9.32. The number of oxime groups is 1. The van der Waals surface area contributed by atoms with Crippen molar-refractivity contribution in [1.29, 1.82) is 0 Å². The summed E-state index contributed by atoms with van der Waals surface area (Å²) in [5.74, 6) is -3.53. The van der Waals surface area contributed by atoms with Gasteiger partial charge < -0.3 is 15.1 Å². The van der Waals surface area contributed by atoms with Gasteiger partial charge in [0.1, 0.15) is 5.75 Å². The number of hydrogen-bond acceptors (Lipinski definition) is 4. The summed E-state index contributed by atoms with van der Waals surface area (Å²) in [5, 5.41) is 21.1. The Labute approximate surface area is 100 Å². The molecule has 0 aromatic heterocycles. The lowest BCUT2D eigenvalue weighted by Crippen LogP contribution is -2.54. The van der Waals surface area contributed by atoms with Crippen LogP contribution in [0.25, 0.3) is 0 Å². The fourth-order valence-corrected chi connectivity index (χ4v) is 1.75. The molecule has 0 amide bonds. The molecule has 4 nitrogen and oxygen atoms in total. The summed E-state index contributed by atoms with van der Waals surface area (Å²) >= 11 is 0. The fourth-order valence-electron chi connectivity index (χ4n) is 1.75. The molecule has 1 aromatic rings. The Morgan fingerprint density at radius 2 is 2.06 bits per heavy atom. The van der Waals surface area contributed by atoms with Crippen LogP contribution in [0.15, 0.2) is 23.4 Å². The molecule has 1 aliphatic heterocycles. The van der Waals surface area contributed by atoms with E-state index in [1.54, 1.807) is 6.92 Å². The van der Waals surface area contributed by atoms with Crippen LogP contribution in [-0.4, -0.2) is 28.0 Å². The molecule has 0 aliphatic carbocycles. The highest BCUT2D eigenvalue weighted by Crippen LogP contribution is 2.41. The third kappa shape index (κ3) is 1.90. The minimum Gasteiger partial charge on any atom is -0.452 e. The largest absolute Gasteiger partial charge is 0.455 e. The Morgan fingerprint density at radius 1 is 1.39 bits per heavy atom. The quantitative estimate of drug-likeness (QED) is 0.556. The molecular weight excluding hydrogens is 251 g/mol. The van der Waals surface area contributed by atoms with Gasteiger partial charge in [0.15, 0.2) is 0 Å². The number of aryl methyl sites for hydroxylation is 1. The number of fused-ring (bicyclic) bond motifs is 1. The van der Waals surface area contributed by atoms with Gasteiger partial charge in [-0.25, -0.2) is 0 Å². The van der Waals surface area contributed by atoms with Crippen LogP contribution in [0.3, 0.4) is 0 Å². The van der Waals surface area contributed by atoms with Crippen LogP contribution in [0, 0.1) is 6.92 Å². The van der Waals surface area contributed by atoms with Crippen molar-refractivity contribution >= 4 is 5.71 Å². The molecule has 0 saturated carbocycles. The summed E-state index contributed by atoms with van der Waals surface area (Å²) < 4.78 is 42.7. The zero-order valence-electron chi connectivity index (χ0n) is 9.32. The van der Waals surface area contributed by atoms with Crippen LogP contribution >= 0.6 is 0 Å². The monoisotopic (exact) mass is 261 g/mol. The van der Waals surface area contributed by atoms with E-state index >= 15 is 0 Å². The van der Waals surface area contributed by atoms with Crippen LogP contribution in [0.2, 0.25) is 0 Å². The van der Waals surface area contributed by atoms with Gasteiger partial charge in [-0.15, -0.1) is 0 Å². The lowest BCUT2D eigenvalue weighted by Gasteiger charge is -2.35. The van der Waals surface area contributed by atoms with Crippen LogP contribution in [-0.2, 0) is 0 Å². The summed E-state index contributed by atoms with van der Waals surface area (Å²) in [6.07, 6.45) is -5.94. The molecule has 0 saturated heterocycles. The SMILES string of the molecule is Cc1ccc2c(c1)/C(=N\O)CC(O)(C(F)(F)F)O2. The van der Waals surface area contributed by atoms with Crippen molar-refractivity contribution in [3.63, 3.8) is 0 Å². The average molecular weight is 261 g/mol. The van der Waals surface area contributed by atoms with Crippen molar-refractivity contribution < 1.29 is 28.2 Å². The Morgan fingerprint density at radius 3 is 2.61 bits per heavy atom. The third-order valence-corrected chi connectivity index (χ3v) is 2.70. The Kier molecular flexibility index (Phi) is 2.73. The first-order valence-electron chi connectivity index (χ1n) is 5.07. The number of alkyl halides is 3. The molecule has 0 fully saturated rings. The molecule has 2 rings (SSSR count). The summed E-state index contributed by atoms with van der Waals surface area (Å²) in [7, 11) is 0. The van der Waals surface area contributed by atoms with E-state index in [4.69, 9.17) is 5.21 Å². The Bertz CT molecular complexity index is 513. The number of benzene rings is 1. The van der Waals surface area contributed by atoms with Gasteiger partial charge in [-0.2, -0.15) is 13.2 Å². The molecule has 0 spiro atoms. The van der Waals surface area contributed by atoms with Crippen LogP contribution in [0.5, 0.6) is 5.75 Å². The molecule has 1 unspecified atom stereocenters. The number of nitrogens with zero attached hydrogens (tertiary/aromatic N) is 1. The van der Waals surface area contributed by atoms with Crippen molar-refractivity contribution in [3.8, 4) is 5.75 Å². The van der Waals surface area contributed by atoms with Crippen LogP contribution in [0.4, 0.5) is 13.2 Å². The summed E-state index contributed by atoms with van der Waals surface area (Å²) in [6, 6.07) is 4.36. The van der Waals surface area contributed by atoms with Gasteiger partial charge in [0.25, 0.3) is 0 Å². The fraction of sp³-hybridized carbons (Fsp3) is 0.364. The van der Waals surface area contributed by atoms with Crippen molar-refractivity contribution in [2.75, 3.05) is 0 Å². The number of aliphatic hydroxyl groups is 1. The molecule has 1 heterocycles. The van der Waals surface area contributed by atoms with Gasteiger partial charge in [-0.3, -0.25) is 0 Å². The van der Waals surface area contributed by atoms with E-state index in [-0.39, 0.29) is 17.0 Å². The third-order valence-electron chi connectivity index (χ3n) is 2.70. The van der Waals surface area contributed by atoms with Crippen LogP contribution < -0.4 is 4.74 Å². The highest BCUT2D eigenvalue weighted by atomic mass is 19.4. The number of halogens is 3. The second-order valence-electron chi connectivity index (χ2n) is 4.11. The minimum absolute atomic E-state index is 0.167. The van der Waals surface area contributed by atoms with E-state index in [1.807, 2.05) is 0 Å². The van der Waals surface area contributed by atoms with E-state index < -0.39 is 18.4 Å². The van der Waals surface area contributed by atoms with E-state index in [9.17, 15) is 18.3 Å². The molecular formula is C11H10F3NO3. The maximum absolute atomic E-state index is 12.7. The molecule has 0 radical (unpaired) electrons. The lowest BCUT2D eigenvalue weighted by molar-refractivity contribution is -0.333. The topological polar surface area (TPSA) is 62.1 Å². The molecule has 7 heteroatoms. The number of ether oxygens (including phenoxy) is 1. The first kappa shape index (κ1) is 12.7. The molecule has 0 bridgehead atoms. The van der Waals surface area contributed by atoms with Gasteiger partial charge in [0.05, 0.1) is 12.1 Å². The maximum Gasteiger partial charge on any atom is 0.455 e. The van der Waals surface area contributed by atoms with E-state index in [1.165, 1.54) is 18.2 Å². The molecule has 98 valence electrons. The van der Waals surface area contributed by atoms with E-state index in [2.05, 4.69) is 9.89 Å². The van der Waals surface area contributed by atoms with Gasteiger partial charge in [-0.1, -0.05) is 16.8 Å². The molecule has 1 atom stereocenters. The molecule has 1 aliphatic rings. The zero-order chi connectivity index (χ0) is 13.6. The first-order valence-corrected chi connectivity index (χ1v) is 5.07. The highest BCUT2D eigenvalue weighted by molar-refractivity contribution is 6.04. The highest BCUT2D eigenvalue weighted by Gasteiger charge is 2.59. The minimum atomic E-state index is -4.98. The molecule has 18 heavy (non-hydrogen) atoms. The second-order valence-corrected chi connectivity index (χ2v) is 4.11. The summed E-state index contributed by atoms with van der Waals surface area (Å²) in [4.78, 5) is 0. The standard InChI is InChI=1S/C11H10F3NO3/c1-6-2-3-9-7(4-6)8(15-17)5-10(16,18-9)11(12,13)14/h2-4,16-17H,5H2,1H3/b15-8-. The average Bonchev–Trinajstić information content (AvgIpc) is 2.27. The Balaban J connectivity index is 2.54. The van der Waals surface area contributed by atoms with Gasteiger partial charge in [-0.05, 0) is 19.1 Å². The maximum atomic E-state index is 12.7. The number of rotatable bonds is 0. The number of hydrogen-bond donors (Lipinski definition) is 2. The van der Waals surface area contributed by atoms with Crippen molar-refractivity contribution in [3.05, 3.63) is 29.3 Å². The van der Waals surface area contributed by atoms with Crippen LogP contribution in [0.1, 0.15) is 17.5 Å². The summed E-state index contributed by atoms with van der Waals surface area (Å²) in [5.41, 5.74) is 0.752. The predicted molar refractivity (Wildman–Crippen MR) is 55.8 cm³/mol. The van der Waals surface area contributed by atoms with Gasteiger partial charge >= 0.3 is 12.0 Å². The Hall–Kier alpha value is -1.76. The van der Waals surface area contributed by atoms with E-state index in [0.29, 0.717) is 0 Å². The predicted octanol–water partition coefficient (Wildman–Crippen LogP) is 2.21.